The first-order valence-corrected chi connectivity index (χ1v) is 7.61. The molecule has 0 bridgehead atoms. The predicted octanol–water partition coefficient (Wildman–Crippen LogP) is 4.68. The third-order valence-corrected chi connectivity index (χ3v) is 4.39. The first-order chi connectivity index (χ1) is 9.40. The molecular formula is C18H23N. The van der Waals surface area contributed by atoms with Crippen molar-refractivity contribution in [3.8, 4) is 0 Å². The van der Waals surface area contributed by atoms with Crippen LogP contribution in [-0.2, 0) is 0 Å². The minimum absolute atomic E-state index is 0.541. The van der Waals surface area contributed by atoms with E-state index in [-0.39, 0.29) is 0 Å². The highest BCUT2D eigenvalue weighted by molar-refractivity contribution is 5.86. The van der Waals surface area contributed by atoms with E-state index in [1.165, 1.54) is 42.0 Å². The van der Waals surface area contributed by atoms with Crippen molar-refractivity contribution in [2.24, 2.45) is 5.92 Å². The zero-order valence-electron chi connectivity index (χ0n) is 11.7. The Kier molecular flexibility index (Phi) is 3.84. The molecule has 1 saturated carbocycles. The van der Waals surface area contributed by atoms with Gasteiger partial charge in [0, 0.05) is 6.04 Å². The second-order valence-corrected chi connectivity index (χ2v) is 5.69. The molecule has 1 fully saturated rings. The van der Waals surface area contributed by atoms with Crippen molar-refractivity contribution >= 4 is 10.8 Å². The SMILES string of the molecule is CCCNC(c1cccc2ccccc12)C1CCC1. The van der Waals surface area contributed by atoms with Crippen LogP contribution in [0.2, 0.25) is 0 Å². The zero-order chi connectivity index (χ0) is 13.1. The summed E-state index contributed by atoms with van der Waals surface area (Å²) in [7, 11) is 0. The van der Waals surface area contributed by atoms with Crippen LogP contribution in [0, 0.1) is 5.92 Å². The van der Waals surface area contributed by atoms with E-state index in [9.17, 15) is 0 Å². The summed E-state index contributed by atoms with van der Waals surface area (Å²) in [4.78, 5) is 0. The summed E-state index contributed by atoms with van der Waals surface area (Å²) in [6.07, 6.45) is 5.36. The van der Waals surface area contributed by atoms with Gasteiger partial charge in [0.05, 0.1) is 0 Å². The van der Waals surface area contributed by atoms with Gasteiger partial charge in [0.2, 0.25) is 0 Å². The molecule has 1 aliphatic rings. The Morgan fingerprint density at radius 3 is 2.63 bits per heavy atom. The molecule has 1 atom stereocenters. The third-order valence-electron chi connectivity index (χ3n) is 4.39. The van der Waals surface area contributed by atoms with Crippen LogP contribution in [0.3, 0.4) is 0 Å². The Morgan fingerprint density at radius 1 is 1.11 bits per heavy atom. The molecule has 1 aliphatic carbocycles. The van der Waals surface area contributed by atoms with E-state index in [0.29, 0.717) is 6.04 Å². The fourth-order valence-electron chi connectivity index (χ4n) is 3.13. The van der Waals surface area contributed by atoms with E-state index < -0.39 is 0 Å². The lowest BCUT2D eigenvalue weighted by Gasteiger charge is -2.35. The van der Waals surface area contributed by atoms with Crippen molar-refractivity contribution in [1.82, 2.24) is 5.32 Å². The van der Waals surface area contributed by atoms with Gasteiger partial charge in [-0.1, -0.05) is 55.8 Å². The number of benzene rings is 2. The minimum Gasteiger partial charge on any atom is -0.310 e. The minimum atomic E-state index is 0.541. The molecular weight excluding hydrogens is 230 g/mol. The number of nitrogens with one attached hydrogen (secondary N) is 1. The van der Waals surface area contributed by atoms with Crippen molar-refractivity contribution in [1.29, 1.82) is 0 Å². The van der Waals surface area contributed by atoms with Crippen LogP contribution in [0.4, 0.5) is 0 Å². The van der Waals surface area contributed by atoms with Gasteiger partial charge in [-0.2, -0.15) is 0 Å². The van der Waals surface area contributed by atoms with E-state index in [1.807, 2.05) is 0 Å². The Labute approximate surface area is 116 Å². The molecule has 0 aromatic heterocycles. The van der Waals surface area contributed by atoms with Crippen molar-refractivity contribution in [3.05, 3.63) is 48.0 Å². The maximum Gasteiger partial charge on any atom is 0.0354 e. The molecule has 1 heteroatoms. The number of fused-ring (bicyclic) bond motifs is 1. The lowest BCUT2D eigenvalue weighted by atomic mass is 9.76. The molecule has 100 valence electrons. The zero-order valence-corrected chi connectivity index (χ0v) is 11.7. The first-order valence-electron chi connectivity index (χ1n) is 7.61. The second-order valence-electron chi connectivity index (χ2n) is 5.69. The van der Waals surface area contributed by atoms with Gasteiger partial charge in [0.25, 0.3) is 0 Å². The average molecular weight is 253 g/mol. The van der Waals surface area contributed by atoms with E-state index in [1.54, 1.807) is 0 Å². The Bertz CT molecular complexity index is 537. The summed E-state index contributed by atoms with van der Waals surface area (Å²) in [5.41, 5.74) is 1.50. The van der Waals surface area contributed by atoms with Crippen LogP contribution >= 0.6 is 0 Å². The Morgan fingerprint density at radius 2 is 1.89 bits per heavy atom. The Hall–Kier alpha value is -1.34. The van der Waals surface area contributed by atoms with E-state index in [0.717, 1.165) is 12.5 Å². The molecule has 19 heavy (non-hydrogen) atoms. The van der Waals surface area contributed by atoms with Crippen molar-refractivity contribution < 1.29 is 0 Å². The molecule has 0 saturated heterocycles. The van der Waals surface area contributed by atoms with Crippen molar-refractivity contribution in [2.75, 3.05) is 6.54 Å². The van der Waals surface area contributed by atoms with Crippen molar-refractivity contribution in [3.63, 3.8) is 0 Å². The van der Waals surface area contributed by atoms with Crippen LogP contribution in [0.15, 0.2) is 42.5 Å². The second kappa shape index (κ2) is 5.75. The Balaban J connectivity index is 1.98. The highest BCUT2D eigenvalue weighted by atomic mass is 14.9. The van der Waals surface area contributed by atoms with Gasteiger partial charge in [0.15, 0.2) is 0 Å². The monoisotopic (exact) mass is 253 g/mol. The smallest absolute Gasteiger partial charge is 0.0354 e. The van der Waals surface area contributed by atoms with Crippen LogP contribution in [0.1, 0.15) is 44.2 Å². The van der Waals surface area contributed by atoms with Crippen LogP contribution < -0.4 is 5.32 Å². The van der Waals surface area contributed by atoms with Gasteiger partial charge in [0.1, 0.15) is 0 Å². The maximum absolute atomic E-state index is 3.78. The van der Waals surface area contributed by atoms with E-state index >= 15 is 0 Å². The quantitative estimate of drug-likeness (QED) is 0.815. The summed E-state index contributed by atoms with van der Waals surface area (Å²) in [5, 5.41) is 6.57. The predicted molar refractivity (Wildman–Crippen MR) is 82.3 cm³/mol. The summed E-state index contributed by atoms with van der Waals surface area (Å²) >= 11 is 0. The summed E-state index contributed by atoms with van der Waals surface area (Å²) in [6.45, 7) is 3.36. The summed E-state index contributed by atoms with van der Waals surface area (Å²) < 4.78 is 0. The summed E-state index contributed by atoms with van der Waals surface area (Å²) in [6, 6.07) is 16.1. The standard InChI is InChI=1S/C18H23N/c1-2-13-19-18(15-9-5-10-15)17-12-6-8-14-7-3-4-11-16(14)17/h3-4,6-8,11-12,15,18-19H,2,5,9-10,13H2,1H3. The van der Waals surface area contributed by atoms with Crippen LogP contribution in [-0.4, -0.2) is 6.54 Å². The fourth-order valence-corrected chi connectivity index (χ4v) is 3.13. The first kappa shape index (κ1) is 12.7. The van der Waals surface area contributed by atoms with Gasteiger partial charge in [-0.25, -0.2) is 0 Å². The molecule has 3 rings (SSSR count). The van der Waals surface area contributed by atoms with Gasteiger partial charge in [-0.15, -0.1) is 0 Å². The number of rotatable bonds is 5. The maximum atomic E-state index is 3.78. The van der Waals surface area contributed by atoms with E-state index in [4.69, 9.17) is 0 Å². The largest absolute Gasteiger partial charge is 0.310 e. The van der Waals surface area contributed by atoms with E-state index in [2.05, 4.69) is 54.7 Å². The molecule has 0 spiro atoms. The molecule has 2 aromatic carbocycles. The number of hydrogen-bond donors (Lipinski definition) is 1. The van der Waals surface area contributed by atoms with Gasteiger partial charge in [-0.05, 0) is 48.1 Å². The summed E-state index contributed by atoms with van der Waals surface area (Å²) in [5.74, 6) is 0.831. The fraction of sp³-hybridized carbons (Fsp3) is 0.444. The normalized spacial score (nSPS) is 17.3. The molecule has 1 unspecified atom stereocenters. The molecule has 0 amide bonds. The molecule has 0 radical (unpaired) electrons. The van der Waals surface area contributed by atoms with Gasteiger partial charge in [-0.3, -0.25) is 0 Å². The van der Waals surface area contributed by atoms with Crippen molar-refractivity contribution in [2.45, 2.75) is 38.6 Å². The average Bonchev–Trinajstić information content (AvgIpc) is 2.41. The lowest BCUT2D eigenvalue weighted by molar-refractivity contribution is 0.232. The molecule has 1 N–H and O–H groups in total. The molecule has 2 aromatic rings. The topological polar surface area (TPSA) is 12.0 Å². The molecule has 0 aliphatic heterocycles. The van der Waals surface area contributed by atoms with Crippen LogP contribution in [0.25, 0.3) is 10.8 Å². The highest BCUT2D eigenvalue weighted by Gasteiger charge is 2.28. The highest BCUT2D eigenvalue weighted by Crippen LogP contribution is 2.39. The lowest BCUT2D eigenvalue weighted by Crippen LogP contribution is -2.32. The molecule has 1 nitrogen and oxygen atoms in total. The van der Waals surface area contributed by atoms with Gasteiger partial charge < -0.3 is 5.32 Å². The number of hydrogen-bond acceptors (Lipinski definition) is 1. The van der Waals surface area contributed by atoms with Gasteiger partial charge >= 0.3 is 0 Å². The third kappa shape index (κ3) is 2.52. The van der Waals surface area contributed by atoms with Crippen LogP contribution in [0.5, 0.6) is 0 Å². The molecule has 0 heterocycles.